The van der Waals surface area contributed by atoms with Crippen molar-refractivity contribution in [3.05, 3.63) is 0 Å². The van der Waals surface area contributed by atoms with Gasteiger partial charge >= 0.3 is 0 Å². The van der Waals surface area contributed by atoms with Crippen molar-refractivity contribution in [2.75, 3.05) is 25.6 Å². The van der Waals surface area contributed by atoms with Gasteiger partial charge in [-0.15, -0.1) is 0 Å². The molecule has 0 rings (SSSR count). The second-order valence-corrected chi connectivity index (χ2v) is 3.26. The van der Waals surface area contributed by atoms with Crippen molar-refractivity contribution in [3.63, 3.8) is 0 Å². The lowest BCUT2D eigenvalue weighted by molar-refractivity contribution is 0.322. The van der Waals surface area contributed by atoms with Crippen LogP contribution in [-0.2, 0) is 0 Å². The van der Waals surface area contributed by atoms with Crippen LogP contribution in [0.5, 0.6) is 0 Å². The molecule has 0 bridgehead atoms. The molecule has 0 saturated heterocycles. The Morgan fingerprint density at radius 2 is 2.30 bits per heavy atom. The molecule has 0 aromatic rings. The number of thioether (sulfide) groups is 1. The molecule has 0 aliphatic heterocycles. The SMILES string of the molecule is CSCCN(C)C(C)C#N. The van der Waals surface area contributed by atoms with Gasteiger partial charge in [-0.05, 0) is 20.2 Å². The average Bonchev–Trinajstić information content (AvgIpc) is 1.98. The van der Waals surface area contributed by atoms with Crippen molar-refractivity contribution in [2.24, 2.45) is 0 Å². The average molecular weight is 158 g/mol. The van der Waals surface area contributed by atoms with Gasteiger partial charge in [0.2, 0.25) is 0 Å². The van der Waals surface area contributed by atoms with Crippen LogP contribution in [0.15, 0.2) is 0 Å². The summed E-state index contributed by atoms with van der Waals surface area (Å²) in [6, 6.07) is 2.24. The summed E-state index contributed by atoms with van der Waals surface area (Å²) in [5.41, 5.74) is 0. The Morgan fingerprint density at radius 1 is 1.70 bits per heavy atom. The van der Waals surface area contributed by atoms with Crippen LogP contribution in [-0.4, -0.2) is 36.5 Å². The molecule has 2 nitrogen and oxygen atoms in total. The molecule has 0 aromatic carbocycles. The van der Waals surface area contributed by atoms with Gasteiger partial charge in [0.05, 0.1) is 12.1 Å². The van der Waals surface area contributed by atoms with Crippen LogP contribution >= 0.6 is 11.8 Å². The molecule has 0 heterocycles. The van der Waals surface area contributed by atoms with Crippen molar-refractivity contribution in [1.29, 1.82) is 5.26 Å². The van der Waals surface area contributed by atoms with Crippen LogP contribution in [0.2, 0.25) is 0 Å². The summed E-state index contributed by atoms with van der Waals surface area (Å²) in [4.78, 5) is 2.05. The molecule has 58 valence electrons. The molecule has 1 atom stereocenters. The highest BCUT2D eigenvalue weighted by molar-refractivity contribution is 7.98. The maximum atomic E-state index is 8.51. The van der Waals surface area contributed by atoms with Gasteiger partial charge in [-0.25, -0.2) is 0 Å². The predicted molar refractivity (Wildman–Crippen MR) is 46.1 cm³/mol. The van der Waals surface area contributed by atoms with E-state index in [0.717, 1.165) is 12.3 Å². The van der Waals surface area contributed by atoms with Crippen LogP contribution in [0.3, 0.4) is 0 Å². The van der Waals surface area contributed by atoms with Crippen LogP contribution < -0.4 is 0 Å². The number of nitriles is 1. The molecule has 0 aromatic heterocycles. The third kappa shape index (κ3) is 3.76. The van der Waals surface area contributed by atoms with E-state index < -0.39 is 0 Å². The lowest BCUT2D eigenvalue weighted by atomic mass is 10.3. The smallest absolute Gasteiger partial charge is 0.0947 e. The van der Waals surface area contributed by atoms with E-state index in [1.54, 1.807) is 11.8 Å². The van der Waals surface area contributed by atoms with E-state index in [9.17, 15) is 0 Å². The molecule has 0 N–H and O–H groups in total. The summed E-state index contributed by atoms with van der Waals surface area (Å²) < 4.78 is 0. The van der Waals surface area contributed by atoms with E-state index in [4.69, 9.17) is 5.26 Å². The Bertz CT molecular complexity index is 119. The summed E-state index contributed by atoms with van der Waals surface area (Å²) in [5.74, 6) is 1.10. The van der Waals surface area contributed by atoms with E-state index in [0.29, 0.717) is 0 Å². The van der Waals surface area contributed by atoms with Crippen LogP contribution in [0.25, 0.3) is 0 Å². The second-order valence-electron chi connectivity index (χ2n) is 2.28. The van der Waals surface area contributed by atoms with E-state index in [1.807, 2.05) is 14.0 Å². The summed E-state index contributed by atoms with van der Waals surface area (Å²) in [6.07, 6.45) is 2.07. The third-order valence-corrected chi connectivity index (χ3v) is 2.09. The minimum Gasteiger partial charge on any atom is -0.291 e. The molecule has 0 aliphatic carbocycles. The van der Waals surface area contributed by atoms with Gasteiger partial charge in [0.25, 0.3) is 0 Å². The van der Waals surface area contributed by atoms with Gasteiger partial charge in [-0.2, -0.15) is 17.0 Å². The number of hydrogen-bond donors (Lipinski definition) is 0. The highest BCUT2D eigenvalue weighted by atomic mass is 32.2. The van der Waals surface area contributed by atoms with Crippen molar-refractivity contribution < 1.29 is 0 Å². The largest absolute Gasteiger partial charge is 0.291 e. The molecule has 10 heavy (non-hydrogen) atoms. The molecular weight excluding hydrogens is 144 g/mol. The fourth-order valence-corrected chi connectivity index (χ4v) is 0.998. The highest BCUT2D eigenvalue weighted by Gasteiger charge is 2.04. The Balaban J connectivity index is 3.43. The molecule has 0 aliphatic rings. The predicted octanol–water partition coefficient (Wildman–Crippen LogP) is 1.19. The molecule has 1 unspecified atom stereocenters. The first-order valence-electron chi connectivity index (χ1n) is 3.31. The van der Waals surface area contributed by atoms with Gasteiger partial charge in [0.15, 0.2) is 0 Å². The fourth-order valence-electron chi connectivity index (χ4n) is 0.527. The lowest BCUT2D eigenvalue weighted by Gasteiger charge is -2.17. The van der Waals surface area contributed by atoms with Gasteiger partial charge in [-0.3, -0.25) is 4.90 Å². The molecule has 0 saturated carbocycles. The summed E-state index contributed by atoms with van der Waals surface area (Å²) in [7, 11) is 1.98. The van der Waals surface area contributed by atoms with E-state index in [-0.39, 0.29) is 6.04 Å². The van der Waals surface area contributed by atoms with Crippen molar-refractivity contribution >= 4 is 11.8 Å². The lowest BCUT2D eigenvalue weighted by Crippen LogP contribution is -2.29. The van der Waals surface area contributed by atoms with Gasteiger partial charge in [0, 0.05) is 12.3 Å². The Kier molecular flexibility index (Phi) is 5.46. The monoisotopic (exact) mass is 158 g/mol. The molecule has 3 heteroatoms. The van der Waals surface area contributed by atoms with E-state index >= 15 is 0 Å². The Morgan fingerprint density at radius 3 is 2.70 bits per heavy atom. The zero-order valence-electron chi connectivity index (χ0n) is 6.79. The van der Waals surface area contributed by atoms with E-state index in [1.165, 1.54) is 0 Å². The summed E-state index contributed by atoms with van der Waals surface area (Å²) in [5, 5.41) is 8.51. The van der Waals surface area contributed by atoms with Gasteiger partial charge in [0.1, 0.15) is 0 Å². The molecule has 0 amide bonds. The third-order valence-electron chi connectivity index (χ3n) is 1.50. The van der Waals surface area contributed by atoms with Gasteiger partial charge < -0.3 is 0 Å². The first-order chi connectivity index (χ1) is 4.72. The zero-order valence-corrected chi connectivity index (χ0v) is 7.61. The summed E-state index contributed by atoms with van der Waals surface area (Å²) >= 11 is 1.81. The Hall–Kier alpha value is -0.200. The maximum Gasteiger partial charge on any atom is 0.0947 e. The number of hydrogen-bond acceptors (Lipinski definition) is 3. The van der Waals surface area contributed by atoms with Gasteiger partial charge in [-0.1, -0.05) is 0 Å². The molecular formula is C7H14N2S. The van der Waals surface area contributed by atoms with Crippen LogP contribution in [0, 0.1) is 11.3 Å². The standard InChI is InChI=1S/C7H14N2S/c1-7(6-8)9(2)4-5-10-3/h7H,4-5H2,1-3H3. The quantitative estimate of drug-likeness (QED) is 0.615. The van der Waals surface area contributed by atoms with Crippen LogP contribution in [0.1, 0.15) is 6.92 Å². The normalized spacial score (nSPS) is 13.1. The highest BCUT2D eigenvalue weighted by Crippen LogP contribution is 1.97. The maximum absolute atomic E-state index is 8.51. The fraction of sp³-hybridized carbons (Fsp3) is 0.857. The molecule has 0 fully saturated rings. The second kappa shape index (κ2) is 5.57. The van der Waals surface area contributed by atoms with Crippen molar-refractivity contribution in [1.82, 2.24) is 4.90 Å². The zero-order chi connectivity index (χ0) is 7.98. The van der Waals surface area contributed by atoms with E-state index in [2.05, 4.69) is 17.2 Å². The molecule has 0 spiro atoms. The van der Waals surface area contributed by atoms with Crippen LogP contribution in [0.4, 0.5) is 0 Å². The minimum absolute atomic E-state index is 0.0483. The molecule has 0 radical (unpaired) electrons. The van der Waals surface area contributed by atoms with Crippen molar-refractivity contribution in [3.8, 4) is 6.07 Å². The first-order valence-corrected chi connectivity index (χ1v) is 4.70. The summed E-state index contributed by atoms with van der Waals surface area (Å²) in [6.45, 7) is 2.91. The van der Waals surface area contributed by atoms with Crippen molar-refractivity contribution in [2.45, 2.75) is 13.0 Å². The Labute approximate surface area is 67.2 Å². The minimum atomic E-state index is 0.0483. The number of rotatable bonds is 4. The topological polar surface area (TPSA) is 27.0 Å². The number of nitrogens with zero attached hydrogens (tertiary/aromatic N) is 2. The first kappa shape index (κ1) is 9.80.